The Labute approximate surface area is 107 Å². The molecule has 88 valence electrons. The van der Waals surface area contributed by atoms with E-state index in [0.29, 0.717) is 0 Å². The van der Waals surface area contributed by atoms with Crippen LogP contribution in [0.2, 0.25) is 0 Å². The molecule has 1 heterocycles. The molecule has 0 radical (unpaired) electrons. The maximum absolute atomic E-state index is 4.73. The van der Waals surface area contributed by atoms with Gasteiger partial charge in [-0.25, -0.2) is 4.98 Å². The van der Waals surface area contributed by atoms with Crippen molar-refractivity contribution < 1.29 is 4.57 Å². The summed E-state index contributed by atoms with van der Waals surface area (Å²) >= 11 is 0. The third-order valence-electron chi connectivity index (χ3n) is 3.12. The quantitative estimate of drug-likeness (QED) is 0.623. The smallest absolute Gasteiger partial charge is 0.231 e. The van der Waals surface area contributed by atoms with E-state index in [9.17, 15) is 0 Å². The lowest BCUT2D eigenvalue weighted by atomic mass is 10.1. The molecule has 0 saturated carbocycles. The van der Waals surface area contributed by atoms with Gasteiger partial charge < -0.3 is 0 Å². The maximum atomic E-state index is 4.73. The van der Waals surface area contributed by atoms with Gasteiger partial charge in [-0.05, 0) is 13.0 Å². The van der Waals surface area contributed by atoms with Crippen LogP contribution in [0.5, 0.6) is 0 Å². The fourth-order valence-electron chi connectivity index (χ4n) is 2.19. The zero-order valence-electron chi connectivity index (χ0n) is 10.4. The normalized spacial score (nSPS) is 10.7. The molecule has 0 aliphatic carbocycles. The fourth-order valence-corrected chi connectivity index (χ4v) is 2.19. The van der Waals surface area contributed by atoms with Crippen molar-refractivity contribution in [3.63, 3.8) is 0 Å². The van der Waals surface area contributed by atoms with E-state index in [1.54, 1.807) is 0 Å². The number of nitrogens with zero attached hydrogens (tertiary/aromatic N) is 2. The van der Waals surface area contributed by atoms with Crippen molar-refractivity contribution in [1.29, 1.82) is 0 Å². The van der Waals surface area contributed by atoms with Gasteiger partial charge >= 0.3 is 0 Å². The molecule has 0 bridgehead atoms. The van der Waals surface area contributed by atoms with Gasteiger partial charge in [-0.2, -0.15) is 4.57 Å². The summed E-state index contributed by atoms with van der Waals surface area (Å²) in [5.74, 6) is 0. The van der Waals surface area contributed by atoms with Crippen molar-refractivity contribution in [2.75, 3.05) is 0 Å². The van der Waals surface area contributed by atoms with Crippen molar-refractivity contribution in [3.8, 4) is 11.3 Å². The summed E-state index contributed by atoms with van der Waals surface area (Å²) in [6, 6.07) is 18.6. The Bertz CT molecular complexity index is 675. The van der Waals surface area contributed by atoms with E-state index in [-0.39, 0.29) is 0 Å². The van der Waals surface area contributed by atoms with Crippen molar-refractivity contribution in [3.05, 3.63) is 60.8 Å². The number of hydrogen-bond donors (Lipinski definition) is 0. The van der Waals surface area contributed by atoms with Crippen LogP contribution in [0.1, 0.15) is 6.92 Å². The van der Waals surface area contributed by atoms with Gasteiger partial charge in [0.15, 0.2) is 6.20 Å². The first-order chi connectivity index (χ1) is 8.88. The second-order valence-electron chi connectivity index (χ2n) is 4.27. The lowest BCUT2D eigenvalue weighted by Gasteiger charge is -2.03. The molecule has 0 unspecified atom stereocenters. The minimum Gasteiger partial charge on any atom is -0.235 e. The van der Waals surface area contributed by atoms with Crippen LogP contribution in [0.4, 0.5) is 0 Å². The largest absolute Gasteiger partial charge is 0.235 e. The van der Waals surface area contributed by atoms with E-state index in [0.717, 1.165) is 23.3 Å². The van der Waals surface area contributed by atoms with E-state index in [1.807, 2.05) is 24.3 Å². The molecule has 2 aromatic carbocycles. The van der Waals surface area contributed by atoms with Crippen LogP contribution in [0.3, 0.4) is 0 Å². The lowest BCUT2D eigenvalue weighted by molar-refractivity contribution is -0.667. The van der Waals surface area contributed by atoms with Crippen molar-refractivity contribution in [2.45, 2.75) is 13.5 Å². The van der Waals surface area contributed by atoms with Gasteiger partial charge in [-0.3, -0.25) is 0 Å². The van der Waals surface area contributed by atoms with Crippen molar-refractivity contribution in [1.82, 2.24) is 4.98 Å². The Balaban J connectivity index is 2.26. The van der Waals surface area contributed by atoms with E-state index >= 15 is 0 Å². The zero-order valence-corrected chi connectivity index (χ0v) is 10.4. The number of aryl methyl sites for hydroxylation is 1. The lowest BCUT2D eigenvalue weighted by Crippen LogP contribution is -2.33. The summed E-state index contributed by atoms with van der Waals surface area (Å²) in [5.41, 5.74) is 4.40. The number of hydrogen-bond acceptors (Lipinski definition) is 1. The Kier molecular flexibility index (Phi) is 2.77. The predicted molar refractivity (Wildman–Crippen MR) is 73.0 cm³/mol. The molecule has 3 aromatic rings. The SMILES string of the molecule is CC[n+]1cc(-c2ccccc2)nc2ccccc21. The molecule has 0 saturated heterocycles. The van der Waals surface area contributed by atoms with Gasteiger partial charge in [0.2, 0.25) is 5.52 Å². The fraction of sp³-hybridized carbons (Fsp3) is 0.125. The molecule has 18 heavy (non-hydrogen) atoms. The molecular formula is C16H15N2+. The van der Waals surface area contributed by atoms with Crippen LogP contribution in [0, 0.1) is 0 Å². The standard InChI is InChI=1S/C16H15N2/c1-2-18-12-15(13-8-4-3-5-9-13)17-14-10-6-7-11-16(14)18/h3-12H,2H2,1H3/q+1. The molecule has 0 atom stereocenters. The van der Waals surface area contributed by atoms with Gasteiger partial charge in [-0.1, -0.05) is 42.5 Å². The summed E-state index contributed by atoms with van der Waals surface area (Å²) in [4.78, 5) is 4.73. The predicted octanol–water partition coefficient (Wildman–Crippen LogP) is 3.21. The third kappa shape index (κ3) is 1.86. The molecule has 0 spiro atoms. The van der Waals surface area contributed by atoms with Gasteiger partial charge in [-0.15, -0.1) is 0 Å². The molecular weight excluding hydrogens is 220 g/mol. The summed E-state index contributed by atoms with van der Waals surface area (Å²) in [6.07, 6.45) is 2.12. The topological polar surface area (TPSA) is 16.8 Å². The van der Waals surface area contributed by atoms with Crippen LogP contribution >= 0.6 is 0 Å². The summed E-state index contributed by atoms with van der Waals surface area (Å²) in [5, 5.41) is 0. The molecule has 3 rings (SSSR count). The Hall–Kier alpha value is -2.22. The molecule has 1 aromatic heterocycles. The maximum Gasteiger partial charge on any atom is 0.231 e. The molecule has 0 aliphatic heterocycles. The number of para-hydroxylation sites is 2. The first-order valence-corrected chi connectivity index (χ1v) is 6.23. The summed E-state index contributed by atoms with van der Waals surface area (Å²) < 4.78 is 2.24. The zero-order chi connectivity index (χ0) is 12.4. The Morgan fingerprint density at radius 2 is 1.67 bits per heavy atom. The summed E-state index contributed by atoms with van der Waals surface area (Å²) in [6.45, 7) is 3.10. The van der Waals surface area contributed by atoms with Crippen LogP contribution in [-0.4, -0.2) is 4.98 Å². The van der Waals surface area contributed by atoms with E-state index in [1.165, 1.54) is 5.52 Å². The van der Waals surface area contributed by atoms with Crippen molar-refractivity contribution >= 4 is 11.0 Å². The second kappa shape index (κ2) is 4.57. The van der Waals surface area contributed by atoms with Crippen LogP contribution in [0.25, 0.3) is 22.3 Å². The van der Waals surface area contributed by atoms with Gasteiger partial charge in [0, 0.05) is 11.6 Å². The van der Waals surface area contributed by atoms with Crippen LogP contribution < -0.4 is 4.57 Å². The minimum atomic E-state index is 0.947. The first kappa shape index (κ1) is 10.9. The minimum absolute atomic E-state index is 0.947. The van der Waals surface area contributed by atoms with Crippen LogP contribution in [0.15, 0.2) is 60.8 Å². The molecule has 0 amide bonds. The van der Waals surface area contributed by atoms with Gasteiger partial charge in [0.05, 0.1) is 0 Å². The second-order valence-corrected chi connectivity index (χ2v) is 4.27. The highest BCUT2D eigenvalue weighted by molar-refractivity contribution is 5.73. The first-order valence-electron chi connectivity index (χ1n) is 6.23. The highest BCUT2D eigenvalue weighted by Crippen LogP contribution is 2.17. The molecule has 0 N–H and O–H groups in total. The van der Waals surface area contributed by atoms with E-state index in [4.69, 9.17) is 4.98 Å². The monoisotopic (exact) mass is 235 g/mol. The summed E-state index contributed by atoms with van der Waals surface area (Å²) in [7, 11) is 0. The number of fused-ring (bicyclic) bond motifs is 1. The van der Waals surface area contributed by atoms with Crippen molar-refractivity contribution in [2.24, 2.45) is 0 Å². The highest BCUT2D eigenvalue weighted by Gasteiger charge is 2.11. The molecule has 2 heteroatoms. The Morgan fingerprint density at radius 3 is 2.44 bits per heavy atom. The van der Waals surface area contributed by atoms with E-state index in [2.05, 4.69) is 48.0 Å². The average Bonchev–Trinajstić information content (AvgIpc) is 2.47. The van der Waals surface area contributed by atoms with Crippen LogP contribution in [-0.2, 0) is 6.54 Å². The average molecular weight is 235 g/mol. The highest BCUT2D eigenvalue weighted by atomic mass is 15.0. The molecule has 2 nitrogen and oxygen atoms in total. The number of aromatic nitrogens is 2. The molecule has 0 aliphatic rings. The number of rotatable bonds is 2. The van der Waals surface area contributed by atoms with Gasteiger partial charge in [0.1, 0.15) is 17.8 Å². The Morgan fingerprint density at radius 1 is 0.944 bits per heavy atom. The third-order valence-corrected chi connectivity index (χ3v) is 3.12. The van der Waals surface area contributed by atoms with Gasteiger partial charge in [0.25, 0.3) is 0 Å². The molecule has 0 fully saturated rings. The number of benzene rings is 2. The van der Waals surface area contributed by atoms with E-state index < -0.39 is 0 Å².